The molecule has 0 aliphatic heterocycles. The van der Waals surface area contributed by atoms with Crippen molar-refractivity contribution >= 4 is 11.6 Å². The number of rotatable bonds is 4. The Kier molecular flexibility index (Phi) is 5.33. The first-order valence-electron chi connectivity index (χ1n) is 8.93. The number of aromatic nitrogens is 3. The third kappa shape index (κ3) is 3.86. The number of guanidine groups is 1. The minimum absolute atomic E-state index is 0.515. The van der Waals surface area contributed by atoms with Crippen molar-refractivity contribution in [1.82, 2.24) is 25.2 Å². The predicted octanol–water partition coefficient (Wildman–Crippen LogP) is 2.61. The van der Waals surface area contributed by atoms with Crippen LogP contribution in [0.3, 0.4) is 0 Å². The zero-order valence-electron chi connectivity index (χ0n) is 14.9. The highest BCUT2D eigenvalue weighted by atomic mass is 15.3. The van der Waals surface area contributed by atoms with Gasteiger partial charge in [0.05, 0.1) is 6.54 Å². The van der Waals surface area contributed by atoms with E-state index in [0.717, 1.165) is 29.3 Å². The van der Waals surface area contributed by atoms with E-state index in [9.17, 15) is 0 Å². The molecule has 0 bridgehead atoms. The summed E-state index contributed by atoms with van der Waals surface area (Å²) in [4.78, 5) is 4.35. The Morgan fingerprint density at radius 3 is 2.75 bits per heavy atom. The zero-order chi connectivity index (χ0) is 16.9. The standard InChI is InChI=1S/C18H28N6/c1-13(2)14-7-9-15(10-8-14)21-18(19-3)20-12-17-23-22-16-6-4-5-11-24(16)17/h4-6,11,13-15H,7-10,12H2,1-3H3,(H2,19,20,21). The summed E-state index contributed by atoms with van der Waals surface area (Å²) >= 11 is 0. The van der Waals surface area contributed by atoms with Crippen molar-refractivity contribution < 1.29 is 0 Å². The van der Waals surface area contributed by atoms with Gasteiger partial charge < -0.3 is 10.6 Å². The second kappa shape index (κ2) is 7.64. The van der Waals surface area contributed by atoms with Gasteiger partial charge in [-0.25, -0.2) is 0 Å². The maximum absolute atomic E-state index is 4.35. The molecular weight excluding hydrogens is 300 g/mol. The Bertz CT molecular complexity index is 682. The van der Waals surface area contributed by atoms with Gasteiger partial charge in [-0.15, -0.1) is 10.2 Å². The lowest BCUT2D eigenvalue weighted by atomic mass is 9.80. The zero-order valence-corrected chi connectivity index (χ0v) is 14.9. The van der Waals surface area contributed by atoms with Gasteiger partial charge in [-0.1, -0.05) is 19.9 Å². The number of aliphatic imine (C=N–C) groups is 1. The lowest BCUT2D eigenvalue weighted by molar-refractivity contribution is 0.250. The summed E-state index contributed by atoms with van der Waals surface area (Å²) in [5, 5.41) is 15.3. The summed E-state index contributed by atoms with van der Waals surface area (Å²) in [6.45, 7) is 5.27. The van der Waals surface area contributed by atoms with Gasteiger partial charge in [-0.05, 0) is 49.7 Å². The predicted molar refractivity (Wildman–Crippen MR) is 96.9 cm³/mol. The number of hydrogen-bond acceptors (Lipinski definition) is 3. The van der Waals surface area contributed by atoms with Crippen LogP contribution in [0.2, 0.25) is 0 Å². The molecule has 6 heteroatoms. The fourth-order valence-electron chi connectivity index (χ4n) is 3.49. The molecule has 0 aromatic carbocycles. The third-order valence-corrected chi connectivity index (χ3v) is 5.08. The molecule has 2 heterocycles. The molecule has 1 aliphatic rings. The van der Waals surface area contributed by atoms with E-state index in [1.165, 1.54) is 25.7 Å². The number of nitrogens with one attached hydrogen (secondary N) is 2. The van der Waals surface area contributed by atoms with E-state index < -0.39 is 0 Å². The molecule has 2 aromatic rings. The van der Waals surface area contributed by atoms with E-state index in [2.05, 4.69) is 39.7 Å². The van der Waals surface area contributed by atoms with E-state index in [1.807, 2.05) is 35.8 Å². The summed E-state index contributed by atoms with van der Waals surface area (Å²) in [6.07, 6.45) is 7.03. The summed E-state index contributed by atoms with van der Waals surface area (Å²) < 4.78 is 1.99. The molecule has 0 atom stereocenters. The smallest absolute Gasteiger partial charge is 0.191 e. The average molecular weight is 328 g/mol. The highest BCUT2D eigenvalue weighted by molar-refractivity contribution is 5.79. The van der Waals surface area contributed by atoms with Gasteiger partial charge in [0, 0.05) is 19.3 Å². The van der Waals surface area contributed by atoms with E-state index in [-0.39, 0.29) is 0 Å². The molecule has 0 amide bonds. The van der Waals surface area contributed by atoms with E-state index >= 15 is 0 Å². The van der Waals surface area contributed by atoms with Gasteiger partial charge in [0.15, 0.2) is 17.4 Å². The molecule has 24 heavy (non-hydrogen) atoms. The number of hydrogen-bond donors (Lipinski definition) is 2. The van der Waals surface area contributed by atoms with Crippen LogP contribution in [0.15, 0.2) is 29.4 Å². The van der Waals surface area contributed by atoms with Crippen LogP contribution in [0.25, 0.3) is 5.65 Å². The van der Waals surface area contributed by atoms with Crippen molar-refractivity contribution in [2.45, 2.75) is 52.1 Å². The van der Waals surface area contributed by atoms with E-state index in [4.69, 9.17) is 0 Å². The van der Waals surface area contributed by atoms with Crippen LogP contribution in [-0.4, -0.2) is 33.6 Å². The fraction of sp³-hybridized carbons (Fsp3) is 0.611. The Morgan fingerprint density at radius 1 is 1.25 bits per heavy atom. The molecule has 0 spiro atoms. The van der Waals surface area contributed by atoms with Crippen molar-refractivity contribution in [3.8, 4) is 0 Å². The largest absolute Gasteiger partial charge is 0.354 e. The molecule has 0 unspecified atom stereocenters. The molecule has 3 rings (SSSR count). The Morgan fingerprint density at radius 2 is 2.04 bits per heavy atom. The highest BCUT2D eigenvalue weighted by Gasteiger charge is 2.23. The van der Waals surface area contributed by atoms with Crippen LogP contribution in [0, 0.1) is 11.8 Å². The van der Waals surface area contributed by atoms with Gasteiger partial charge in [-0.2, -0.15) is 0 Å². The van der Waals surface area contributed by atoms with Crippen LogP contribution in [0.1, 0.15) is 45.4 Å². The van der Waals surface area contributed by atoms with Crippen LogP contribution in [0.5, 0.6) is 0 Å². The maximum atomic E-state index is 4.35. The van der Waals surface area contributed by atoms with Gasteiger partial charge in [-0.3, -0.25) is 9.39 Å². The van der Waals surface area contributed by atoms with Crippen molar-refractivity contribution in [1.29, 1.82) is 0 Å². The topological polar surface area (TPSA) is 66.6 Å². The maximum Gasteiger partial charge on any atom is 0.191 e. The molecule has 2 aromatic heterocycles. The minimum atomic E-state index is 0.515. The van der Waals surface area contributed by atoms with Crippen LogP contribution in [-0.2, 0) is 6.54 Å². The molecule has 1 fully saturated rings. The lowest BCUT2D eigenvalue weighted by Crippen LogP contribution is -2.45. The molecule has 0 radical (unpaired) electrons. The van der Waals surface area contributed by atoms with Gasteiger partial charge in [0.2, 0.25) is 0 Å². The first-order valence-corrected chi connectivity index (χ1v) is 8.93. The molecule has 2 N–H and O–H groups in total. The molecule has 1 saturated carbocycles. The van der Waals surface area contributed by atoms with Gasteiger partial charge in [0.1, 0.15) is 0 Å². The highest BCUT2D eigenvalue weighted by Crippen LogP contribution is 2.29. The van der Waals surface area contributed by atoms with Crippen molar-refractivity contribution in [2.24, 2.45) is 16.8 Å². The SMILES string of the molecule is CN=C(NCc1nnc2ccccn12)NC1CCC(C(C)C)CC1. The number of nitrogens with zero attached hydrogens (tertiary/aromatic N) is 4. The molecule has 0 saturated heterocycles. The van der Waals surface area contributed by atoms with Gasteiger partial charge in [0.25, 0.3) is 0 Å². The Balaban J connectivity index is 1.52. The number of fused-ring (bicyclic) bond motifs is 1. The average Bonchev–Trinajstić information content (AvgIpc) is 3.02. The first-order chi connectivity index (χ1) is 11.7. The molecular formula is C18H28N6. The first kappa shape index (κ1) is 16.7. The monoisotopic (exact) mass is 328 g/mol. The molecule has 130 valence electrons. The van der Waals surface area contributed by atoms with Crippen LogP contribution in [0.4, 0.5) is 0 Å². The quantitative estimate of drug-likeness (QED) is 0.669. The third-order valence-electron chi connectivity index (χ3n) is 5.08. The van der Waals surface area contributed by atoms with E-state index in [0.29, 0.717) is 12.6 Å². The van der Waals surface area contributed by atoms with E-state index in [1.54, 1.807) is 0 Å². The summed E-state index contributed by atoms with van der Waals surface area (Å²) in [5.74, 6) is 3.40. The second-order valence-corrected chi connectivity index (χ2v) is 6.97. The Labute approximate surface area is 143 Å². The summed E-state index contributed by atoms with van der Waals surface area (Å²) in [6, 6.07) is 6.42. The second-order valence-electron chi connectivity index (χ2n) is 6.97. The Hall–Kier alpha value is -2.11. The minimum Gasteiger partial charge on any atom is -0.354 e. The summed E-state index contributed by atoms with van der Waals surface area (Å²) in [7, 11) is 1.82. The summed E-state index contributed by atoms with van der Waals surface area (Å²) in [5.41, 5.74) is 0.865. The van der Waals surface area contributed by atoms with Crippen molar-refractivity contribution in [3.63, 3.8) is 0 Å². The fourth-order valence-corrected chi connectivity index (χ4v) is 3.49. The molecule has 1 aliphatic carbocycles. The van der Waals surface area contributed by atoms with Crippen LogP contribution < -0.4 is 10.6 Å². The van der Waals surface area contributed by atoms with Crippen molar-refractivity contribution in [3.05, 3.63) is 30.2 Å². The van der Waals surface area contributed by atoms with Crippen molar-refractivity contribution in [2.75, 3.05) is 7.05 Å². The van der Waals surface area contributed by atoms with Crippen LogP contribution >= 0.6 is 0 Å². The molecule has 6 nitrogen and oxygen atoms in total. The number of pyridine rings is 1. The van der Waals surface area contributed by atoms with Gasteiger partial charge >= 0.3 is 0 Å². The normalized spacial score (nSPS) is 22.1. The lowest BCUT2D eigenvalue weighted by Gasteiger charge is -2.32.